The molecule has 0 aliphatic heterocycles. The van der Waals surface area contributed by atoms with Gasteiger partial charge in [0.25, 0.3) is 11.1 Å². The highest BCUT2D eigenvalue weighted by atomic mass is 35.5. The number of nitrogens with zero attached hydrogens (tertiary/aromatic N) is 3. The van der Waals surface area contributed by atoms with E-state index in [0.29, 0.717) is 5.56 Å². The zero-order chi connectivity index (χ0) is 19.8. The topological polar surface area (TPSA) is 64.3 Å². The molecule has 9 heteroatoms. The van der Waals surface area contributed by atoms with Gasteiger partial charge in [-0.25, -0.2) is 8.78 Å². The average molecular weight is 418 g/mol. The first kappa shape index (κ1) is 18.4. The van der Waals surface area contributed by atoms with Gasteiger partial charge in [0.15, 0.2) is 0 Å². The largest absolute Gasteiger partial charge is 0.296 e. The predicted molar refractivity (Wildman–Crippen MR) is 103 cm³/mol. The molecule has 0 unspecified atom stereocenters. The van der Waals surface area contributed by atoms with Crippen LogP contribution in [-0.2, 0) is 6.42 Å². The van der Waals surface area contributed by atoms with E-state index in [1.807, 2.05) is 0 Å². The van der Waals surface area contributed by atoms with Crippen molar-refractivity contribution in [1.82, 2.24) is 14.6 Å². The van der Waals surface area contributed by atoms with Gasteiger partial charge in [0.05, 0.1) is 9.55 Å². The fourth-order valence-corrected chi connectivity index (χ4v) is 3.73. The van der Waals surface area contributed by atoms with Gasteiger partial charge in [-0.3, -0.25) is 9.59 Å². The van der Waals surface area contributed by atoms with Crippen LogP contribution in [-0.4, -0.2) is 14.6 Å². The maximum absolute atomic E-state index is 14.0. The normalized spacial score (nSPS) is 12.0. The average Bonchev–Trinajstić information content (AvgIpc) is 2.95. The molecule has 0 aliphatic rings. The minimum Gasteiger partial charge on any atom is -0.266 e. The maximum atomic E-state index is 14.0. The van der Waals surface area contributed by atoms with Gasteiger partial charge < -0.3 is 0 Å². The molecule has 0 atom stereocenters. The summed E-state index contributed by atoms with van der Waals surface area (Å²) < 4.78 is 28.2. The highest BCUT2D eigenvalue weighted by molar-refractivity contribution is 7.15. The Hall–Kier alpha value is -2.97. The van der Waals surface area contributed by atoms with Crippen molar-refractivity contribution in [2.45, 2.75) is 6.42 Å². The molecule has 0 radical (unpaired) electrons. The van der Waals surface area contributed by atoms with Gasteiger partial charge >= 0.3 is 0 Å². The lowest BCUT2D eigenvalue weighted by Gasteiger charge is -2.00. The van der Waals surface area contributed by atoms with E-state index in [4.69, 9.17) is 11.6 Å². The van der Waals surface area contributed by atoms with Crippen molar-refractivity contribution in [1.29, 1.82) is 0 Å². The zero-order valence-electron chi connectivity index (χ0n) is 14.0. The van der Waals surface area contributed by atoms with E-state index in [1.54, 1.807) is 0 Å². The van der Waals surface area contributed by atoms with Crippen molar-refractivity contribution in [3.63, 3.8) is 0 Å². The summed E-state index contributed by atoms with van der Waals surface area (Å²) in [6.07, 6.45) is 1.41. The van der Waals surface area contributed by atoms with Gasteiger partial charge in [-0.2, -0.15) is 14.6 Å². The molecule has 0 aliphatic carbocycles. The molecular weight excluding hydrogens is 408 g/mol. The van der Waals surface area contributed by atoms with Gasteiger partial charge in [0.1, 0.15) is 17.3 Å². The lowest BCUT2D eigenvalue weighted by atomic mass is 10.1. The van der Waals surface area contributed by atoms with E-state index in [0.717, 1.165) is 15.9 Å². The summed E-state index contributed by atoms with van der Waals surface area (Å²) >= 11 is 6.91. The predicted octanol–water partition coefficient (Wildman–Crippen LogP) is 2.58. The third kappa shape index (κ3) is 3.44. The SMILES string of the molecule is O=c1nc2s/c(=C\c3c(F)cccc3Cl)c(=O)n2nc1Cc1ccc(F)cc1. The Balaban J connectivity index is 1.84. The van der Waals surface area contributed by atoms with Crippen molar-refractivity contribution in [2.75, 3.05) is 0 Å². The summed E-state index contributed by atoms with van der Waals surface area (Å²) in [5, 5.41) is 4.25. The van der Waals surface area contributed by atoms with Crippen molar-refractivity contribution >= 4 is 34.0 Å². The summed E-state index contributed by atoms with van der Waals surface area (Å²) in [5.74, 6) is -0.967. The number of hydrogen-bond donors (Lipinski definition) is 0. The van der Waals surface area contributed by atoms with Crippen molar-refractivity contribution in [3.05, 3.63) is 101 Å². The van der Waals surface area contributed by atoms with Crippen molar-refractivity contribution in [2.24, 2.45) is 0 Å². The first-order valence-electron chi connectivity index (χ1n) is 8.05. The van der Waals surface area contributed by atoms with Crippen LogP contribution in [0.5, 0.6) is 0 Å². The molecule has 0 fully saturated rings. The smallest absolute Gasteiger partial charge is 0.266 e. The maximum Gasteiger partial charge on any atom is 0.296 e. The van der Waals surface area contributed by atoms with Crippen LogP contribution in [0.4, 0.5) is 8.78 Å². The molecule has 4 rings (SSSR count). The van der Waals surface area contributed by atoms with Crippen LogP contribution >= 0.6 is 22.9 Å². The van der Waals surface area contributed by atoms with Crippen LogP contribution in [0.2, 0.25) is 5.02 Å². The van der Waals surface area contributed by atoms with Crippen LogP contribution in [0.3, 0.4) is 0 Å². The molecule has 0 spiro atoms. The van der Waals surface area contributed by atoms with Crippen LogP contribution in [0.15, 0.2) is 52.1 Å². The molecule has 0 saturated heterocycles. The minimum absolute atomic E-state index is 0.0504. The van der Waals surface area contributed by atoms with Gasteiger partial charge in [-0.15, -0.1) is 0 Å². The number of thiazole rings is 1. The molecule has 140 valence electrons. The fraction of sp³-hybridized carbons (Fsp3) is 0.0526. The van der Waals surface area contributed by atoms with Crippen LogP contribution in [0.25, 0.3) is 11.0 Å². The van der Waals surface area contributed by atoms with Crippen molar-refractivity contribution < 1.29 is 8.78 Å². The summed E-state index contributed by atoms with van der Waals surface area (Å²) in [7, 11) is 0. The molecular formula is C19H10ClF2N3O2S. The second-order valence-corrected chi connectivity index (χ2v) is 7.33. The van der Waals surface area contributed by atoms with Crippen molar-refractivity contribution in [3.8, 4) is 0 Å². The lowest BCUT2D eigenvalue weighted by Crippen LogP contribution is -2.28. The highest BCUT2D eigenvalue weighted by Crippen LogP contribution is 2.19. The molecule has 0 saturated carbocycles. The third-order valence-corrected chi connectivity index (χ3v) is 5.30. The van der Waals surface area contributed by atoms with E-state index in [-0.39, 0.29) is 32.2 Å². The van der Waals surface area contributed by atoms with E-state index in [1.165, 1.54) is 48.5 Å². The molecule has 4 aromatic rings. The number of fused-ring (bicyclic) bond motifs is 1. The second kappa shape index (κ2) is 7.21. The van der Waals surface area contributed by atoms with E-state index in [2.05, 4.69) is 10.1 Å². The first-order chi connectivity index (χ1) is 13.4. The minimum atomic E-state index is -0.582. The number of rotatable bonds is 3. The lowest BCUT2D eigenvalue weighted by molar-refractivity contribution is 0.625. The van der Waals surface area contributed by atoms with Gasteiger partial charge in [0.2, 0.25) is 4.96 Å². The van der Waals surface area contributed by atoms with Crippen LogP contribution < -0.4 is 15.7 Å². The van der Waals surface area contributed by atoms with E-state index >= 15 is 0 Å². The Morgan fingerprint density at radius 1 is 1.11 bits per heavy atom. The number of benzene rings is 2. The standard InChI is InChI=1S/C19H10ClF2N3O2S/c20-13-2-1-3-14(22)12(13)9-16-18(27)25-19(28-16)23-17(26)15(24-25)8-10-4-6-11(21)7-5-10/h1-7,9H,8H2/b16-9-. The Morgan fingerprint density at radius 3 is 2.57 bits per heavy atom. The quantitative estimate of drug-likeness (QED) is 0.514. The fourth-order valence-electron chi connectivity index (χ4n) is 2.63. The Kier molecular flexibility index (Phi) is 4.74. The molecule has 2 heterocycles. The molecule has 0 amide bonds. The number of halogens is 3. The molecule has 0 N–H and O–H groups in total. The molecule has 2 aromatic carbocycles. The third-order valence-electron chi connectivity index (χ3n) is 4.01. The number of hydrogen-bond acceptors (Lipinski definition) is 5. The monoisotopic (exact) mass is 417 g/mol. The molecule has 5 nitrogen and oxygen atoms in total. The molecule has 2 aromatic heterocycles. The highest BCUT2D eigenvalue weighted by Gasteiger charge is 2.13. The van der Waals surface area contributed by atoms with Gasteiger partial charge in [-0.05, 0) is 35.9 Å². The summed E-state index contributed by atoms with van der Waals surface area (Å²) in [5.41, 5.74) is -0.342. The molecule has 0 bridgehead atoms. The second-order valence-electron chi connectivity index (χ2n) is 5.91. The summed E-state index contributed by atoms with van der Waals surface area (Å²) in [4.78, 5) is 28.9. The Labute approximate surface area is 165 Å². The van der Waals surface area contributed by atoms with E-state index < -0.39 is 22.8 Å². The summed E-state index contributed by atoms with van der Waals surface area (Å²) in [6, 6.07) is 9.79. The molecule has 28 heavy (non-hydrogen) atoms. The summed E-state index contributed by atoms with van der Waals surface area (Å²) in [6.45, 7) is 0. The first-order valence-corrected chi connectivity index (χ1v) is 9.25. The van der Waals surface area contributed by atoms with Gasteiger partial charge in [-0.1, -0.05) is 41.1 Å². The number of aromatic nitrogens is 3. The van der Waals surface area contributed by atoms with Crippen LogP contribution in [0.1, 0.15) is 16.8 Å². The van der Waals surface area contributed by atoms with Gasteiger partial charge in [0, 0.05) is 12.0 Å². The Bertz CT molecular complexity index is 1350. The zero-order valence-corrected chi connectivity index (χ0v) is 15.6. The Morgan fingerprint density at radius 2 is 1.86 bits per heavy atom. The van der Waals surface area contributed by atoms with E-state index in [9.17, 15) is 18.4 Å². The van der Waals surface area contributed by atoms with Crippen LogP contribution in [0, 0.1) is 11.6 Å².